The van der Waals surface area contributed by atoms with Crippen molar-refractivity contribution in [2.45, 2.75) is 32.9 Å². The van der Waals surface area contributed by atoms with E-state index >= 15 is 0 Å². The Hall–Kier alpha value is -1.26. The molecule has 2 N–H and O–H groups in total. The van der Waals surface area contributed by atoms with Gasteiger partial charge in [-0.2, -0.15) is 0 Å². The van der Waals surface area contributed by atoms with Gasteiger partial charge >= 0.3 is 0 Å². The summed E-state index contributed by atoms with van der Waals surface area (Å²) in [5.74, 6) is 0.931. The number of rotatable bonds is 4. The molecule has 1 aliphatic rings. The number of nitrogens with two attached hydrogens (primary N) is 1. The van der Waals surface area contributed by atoms with Crippen molar-refractivity contribution in [2.24, 2.45) is 0 Å². The molecular weight excluding hydrogens is 240 g/mol. The van der Waals surface area contributed by atoms with Gasteiger partial charge in [-0.1, -0.05) is 0 Å². The molecule has 1 saturated heterocycles. The van der Waals surface area contributed by atoms with E-state index < -0.39 is 0 Å². The fourth-order valence-electron chi connectivity index (χ4n) is 2.51. The van der Waals surface area contributed by atoms with Crippen molar-refractivity contribution >= 4 is 5.69 Å². The second-order valence-corrected chi connectivity index (χ2v) is 5.62. The first-order valence-electron chi connectivity index (χ1n) is 6.88. The van der Waals surface area contributed by atoms with Gasteiger partial charge in [-0.05, 0) is 39.0 Å². The van der Waals surface area contributed by atoms with Gasteiger partial charge in [0, 0.05) is 30.9 Å². The Morgan fingerprint density at radius 2 is 2.21 bits per heavy atom. The SMILES string of the molecule is CCOc1ccc(N)cc1CN1CCOC(C)(C)C1. The van der Waals surface area contributed by atoms with Crippen LogP contribution in [0.1, 0.15) is 26.3 Å². The lowest BCUT2D eigenvalue weighted by molar-refractivity contribution is -0.0883. The molecule has 1 heterocycles. The molecule has 0 spiro atoms. The molecule has 4 nitrogen and oxygen atoms in total. The lowest BCUT2D eigenvalue weighted by Gasteiger charge is -2.38. The zero-order chi connectivity index (χ0) is 13.9. The highest BCUT2D eigenvalue weighted by Gasteiger charge is 2.27. The van der Waals surface area contributed by atoms with Crippen LogP contribution in [0.15, 0.2) is 18.2 Å². The zero-order valence-electron chi connectivity index (χ0n) is 12.1. The van der Waals surface area contributed by atoms with Gasteiger partial charge in [0.15, 0.2) is 0 Å². The van der Waals surface area contributed by atoms with Gasteiger partial charge in [-0.25, -0.2) is 0 Å². The summed E-state index contributed by atoms with van der Waals surface area (Å²) in [6.45, 7) is 10.4. The highest BCUT2D eigenvalue weighted by molar-refractivity contribution is 5.47. The molecule has 0 radical (unpaired) electrons. The van der Waals surface area contributed by atoms with E-state index in [-0.39, 0.29) is 5.60 Å². The molecule has 0 saturated carbocycles. The fourth-order valence-corrected chi connectivity index (χ4v) is 2.51. The average Bonchev–Trinajstić information content (AvgIpc) is 2.31. The van der Waals surface area contributed by atoms with Crippen LogP contribution in [0.2, 0.25) is 0 Å². The maximum absolute atomic E-state index is 5.88. The normalized spacial score (nSPS) is 19.3. The number of nitrogen functional groups attached to an aromatic ring is 1. The quantitative estimate of drug-likeness (QED) is 0.848. The van der Waals surface area contributed by atoms with E-state index in [9.17, 15) is 0 Å². The summed E-state index contributed by atoms with van der Waals surface area (Å²) in [7, 11) is 0. The molecule has 0 atom stereocenters. The molecule has 4 heteroatoms. The zero-order valence-corrected chi connectivity index (χ0v) is 12.1. The summed E-state index contributed by atoms with van der Waals surface area (Å²) in [6, 6.07) is 5.85. The number of benzene rings is 1. The van der Waals surface area contributed by atoms with Gasteiger partial charge < -0.3 is 15.2 Å². The molecule has 1 fully saturated rings. The van der Waals surface area contributed by atoms with E-state index in [1.807, 2.05) is 25.1 Å². The first-order chi connectivity index (χ1) is 9.00. The monoisotopic (exact) mass is 264 g/mol. The van der Waals surface area contributed by atoms with Crippen LogP contribution < -0.4 is 10.5 Å². The van der Waals surface area contributed by atoms with E-state index in [0.717, 1.165) is 43.2 Å². The largest absolute Gasteiger partial charge is 0.494 e. The highest BCUT2D eigenvalue weighted by Crippen LogP contribution is 2.25. The predicted molar refractivity (Wildman–Crippen MR) is 77.3 cm³/mol. The molecular formula is C15H24N2O2. The Bertz CT molecular complexity index is 432. The number of anilines is 1. The minimum Gasteiger partial charge on any atom is -0.494 e. The molecule has 0 amide bonds. The maximum atomic E-state index is 5.88. The molecule has 2 rings (SSSR count). The number of hydrogen-bond acceptors (Lipinski definition) is 4. The third kappa shape index (κ3) is 3.85. The summed E-state index contributed by atoms with van der Waals surface area (Å²) < 4.78 is 11.4. The topological polar surface area (TPSA) is 47.7 Å². The number of hydrogen-bond donors (Lipinski definition) is 1. The predicted octanol–water partition coefficient (Wildman–Crippen LogP) is 2.28. The van der Waals surface area contributed by atoms with Gasteiger partial charge in [0.05, 0.1) is 18.8 Å². The summed E-state index contributed by atoms with van der Waals surface area (Å²) in [4.78, 5) is 2.39. The highest BCUT2D eigenvalue weighted by atomic mass is 16.5. The van der Waals surface area contributed by atoms with E-state index in [0.29, 0.717) is 6.61 Å². The number of nitrogens with zero attached hydrogens (tertiary/aromatic N) is 1. The van der Waals surface area contributed by atoms with Crippen LogP contribution in [0.3, 0.4) is 0 Å². The van der Waals surface area contributed by atoms with Crippen LogP contribution in [-0.2, 0) is 11.3 Å². The van der Waals surface area contributed by atoms with Crippen molar-refractivity contribution in [2.75, 3.05) is 32.0 Å². The van der Waals surface area contributed by atoms with Crippen LogP contribution in [0, 0.1) is 0 Å². The van der Waals surface area contributed by atoms with Crippen molar-refractivity contribution < 1.29 is 9.47 Å². The van der Waals surface area contributed by atoms with Crippen LogP contribution >= 0.6 is 0 Å². The fraction of sp³-hybridized carbons (Fsp3) is 0.600. The van der Waals surface area contributed by atoms with Crippen molar-refractivity contribution in [3.05, 3.63) is 23.8 Å². The van der Waals surface area contributed by atoms with Gasteiger partial charge in [0.25, 0.3) is 0 Å². The van der Waals surface area contributed by atoms with Crippen LogP contribution in [0.5, 0.6) is 5.75 Å². The molecule has 0 aromatic heterocycles. The Morgan fingerprint density at radius 3 is 2.89 bits per heavy atom. The first kappa shape index (κ1) is 14.2. The Kier molecular flexibility index (Phi) is 4.32. The van der Waals surface area contributed by atoms with E-state index in [2.05, 4.69) is 18.7 Å². The Morgan fingerprint density at radius 1 is 1.42 bits per heavy atom. The molecule has 0 unspecified atom stereocenters. The van der Waals surface area contributed by atoms with Crippen LogP contribution in [0.4, 0.5) is 5.69 Å². The minimum absolute atomic E-state index is 0.0790. The van der Waals surface area contributed by atoms with Gasteiger partial charge in [0.2, 0.25) is 0 Å². The third-order valence-electron chi connectivity index (χ3n) is 3.28. The van der Waals surface area contributed by atoms with Gasteiger partial charge in [-0.3, -0.25) is 4.90 Å². The molecule has 1 aliphatic heterocycles. The Labute approximate surface area is 115 Å². The van der Waals surface area contributed by atoms with Crippen LogP contribution in [-0.4, -0.2) is 36.8 Å². The molecule has 1 aromatic carbocycles. The van der Waals surface area contributed by atoms with Crippen molar-refractivity contribution in [1.29, 1.82) is 0 Å². The smallest absolute Gasteiger partial charge is 0.123 e. The van der Waals surface area contributed by atoms with E-state index in [4.69, 9.17) is 15.2 Å². The summed E-state index contributed by atoms with van der Waals surface area (Å²) in [5.41, 5.74) is 7.74. The molecule has 1 aromatic rings. The first-order valence-corrected chi connectivity index (χ1v) is 6.88. The summed E-state index contributed by atoms with van der Waals surface area (Å²) >= 11 is 0. The Balaban J connectivity index is 2.11. The molecule has 0 aliphatic carbocycles. The molecule has 106 valence electrons. The lowest BCUT2D eigenvalue weighted by Crippen LogP contribution is -2.47. The standard InChI is InChI=1S/C15H24N2O2/c1-4-18-14-6-5-13(16)9-12(14)10-17-7-8-19-15(2,3)11-17/h5-6,9H,4,7-8,10-11,16H2,1-3H3. The van der Waals surface area contributed by atoms with E-state index in [1.165, 1.54) is 0 Å². The van der Waals surface area contributed by atoms with Crippen molar-refractivity contribution in [1.82, 2.24) is 4.90 Å². The molecule has 19 heavy (non-hydrogen) atoms. The second kappa shape index (κ2) is 5.80. The second-order valence-electron chi connectivity index (χ2n) is 5.62. The average molecular weight is 264 g/mol. The maximum Gasteiger partial charge on any atom is 0.123 e. The number of ether oxygens (including phenoxy) is 2. The van der Waals surface area contributed by atoms with Gasteiger partial charge in [-0.15, -0.1) is 0 Å². The lowest BCUT2D eigenvalue weighted by atomic mass is 10.1. The molecule has 0 bridgehead atoms. The van der Waals surface area contributed by atoms with E-state index in [1.54, 1.807) is 0 Å². The summed E-state index contributed by atoms with van der Waals surface area (Å²) in [5, 5.41) is 0. The number of morpholine rings is 1. The summed E-state index contributed by atoms with van der Waals surface area (Å²) in [6.07, 6.45) is 0. The van der Waals surface area contributed by atoms with Gasteiger partial charge in [0.1, 0.15) is 5.75 Å². The van der Waals surface area contributed by atoms with Crippen molar-refractivity contribution in [3.63, 3.8) is 0 Å². The third-order valence-corrected chi connectivity index (χ3v) is 3.28. The van der Waals surface area contributed by atoms with Crippen molar-refractivity contribution in [3.8, 4) is 5.75 Å². The van der Waals surface area contributed by atoms with Crippen LogP contribution in [0.25, 0.3) is 0 Å². The minimum atomic E-state index is -0.0790.